The van der Waals surface area contributed by atoms with Crippen LogP contribution in [0.4, 0.5) is 0 Å². The van der Waals surface area contributed by atoms with Gasteiger partial charge in [-0.05, 0) is 42.5 Å². The predicted octanol–water partition coefficient (Wildman–Crippen LogP) is 4.82. The highest BCUT2D eigenvalue weighted by Crippen LogP contribution is 2.19. The maximum absolute atomic E-state index is 5.83. The first-order valence-electron chi connectivity index (χ1n) is 8.37. The van der Waals surface area contributed by atoms with E-state index in [2.05, 4.69) is 53.8 Å². The molecule has 2 nitrogen and oxygen atoms in total. The van der Waals surface area contributed by atoms with Crippen molar-refractivity contribution in [3.8, 4) is 11.1 Å². The van der Waals surface area contributed by atoms with Crippen LogP contribution in [0.2, 0.25) is 0 Å². The Morgan fingerprint density at radius 2 is 1.65 bits per heavy atom. The smallest absolute Gasteiger partial charge is 0.0716 e. The Balaban J connectivity index is 0.00000192. The molecule has 124 valence electrons. The molecular formula is C20H26ClNO. The Labute approximate surface area is 145 Å². The quantitative estimate of drug-likeness (QED) is 0.766. The SMILES string of the molecule is Cl.c1ccc(-c2ccc(COCCC3CCCCN3)cc2)cc1. The number of nitrogens with one attached hydrogen (secondary N) is 1. The third-order valence-corrected chi connectivity index (χ3v) is 4.35. The van der Waals surface area contributed by atoms with Crippen LogP contribution in [0, 0.1) is 0 Å². The fourth-order valence-corrected chi connectivity index (χ4v) is 3.01. The van der Waals surface area contributed by atoms with Crippen LogP contribution in [-0.4, -0.2) is 19.2 Å². The highest BCUT2D eigenvalue weighted by molar-refractivity contribution is 5.85. The first-order chi connectivity index (χ1) is 10.9. The molecule has 1 N–H and O–H groups in total. The van der Waals surface area contributed by atoms with E-state index in [0.717, 1.165) is 13.0 Å². The largest absolute Gasteiger partial charge is 0.377 e. The molecule has 2 aromatic rings. The molecule has 0 aromatic heterocycles. The fourth-order valence-electron chi connectivity index (χ4n) is 3.01. The van der Waals surface area contributed by atoms with Crippen molar-refractivity contribution in [2.75, 3.05) is 13.2 Å². The molecule has 0 radical (unpaired) electrons. The van der Waals surface area contributed by atoms with Gasteiger partial charge >= 0.3 is 0 Å². The second-order valence-corrected chi connectivity index (χ2v) is 6.05. The van der Waals surface area contributed by atoms with Crippen LogP contribution in [0.25, 0.3) is 11.1 Å². The highest BCUT2D eigenvalue weighted by Gasteiger charge is 2.11. The predicted molar refractivity (Wildman–Crippen MR) is 99.0 cm³/mol. The third-order valence-electron chi connectivity index (χ3n) is 4.35. The van der Waals surface area contributed by atoms with E-state index in [1.165, 1.54) is 42.5 Å². The van der Waals surface area contributed by atoms with E-state index >= 15 is 0 Å². The Bertz CT molecular complexity index is 550. The van der Waals surface area contributed by atoms with Crippen molar-refractivity contribution in [2.24, 2.45) is 0 Å². The van der Waals surface area contributed by atoms with E-state index in [9.17, 15) is 0 Å². The van der Waals surface area contributed by atoms with Gasteiger partial charge in [0.05, 0.1) is 6.61 Å². The topological polar surface area (TPSA) is 21.3 Å². The van der Waals surface area contributed by atoms with Crippen molar-refractivity contribution in [3.05, 3.63) is 60.2 Å². The Morgan fingerprint density at radius 3 is 2.35 bits per heavy atom. The Morgan fingerprint density at radius 1 is 0.913 bits per heavy atom. The van der Waals surface area contributed by atoms with Gasteiger partial charge < -0.3 is 10.1 Å². The molecular weight excluding hydrogens is 306 g/mol. The maximum atomic E-state index is 5.83. The molecule has 0 aliphatic carbocycles. The van der Waals surface area contributed by atoms with Gasteiger partial charge in [-0.3, -0.25) is 0 Å². The van der Waals surface area contributed by atoms with Gasteiger partial charge in [-0.1, -0.05) is 61.0 Å². The number of ether oxygens (including phenoxy) is 1. The molecule has 3 heteroatoms. The van der Waals surface area contributed by atoms with Crippen LogP contribution in [0.1, 0.15) is 31.2 Å². The summed E-state index contributed by atoms with van der Waals surface area (Å²) in [5.74, 6) is 0. The van der Waals surface area contributed by atoms with Gasteiger partial charge in [0.25, 0.3) is 0 Å². The van der Waals surface area contributed by atoms with Crippen molar-refractivity contribution >= 4 is 12.4 Å². The van der Waals surface area contributed by atoms with Gasteiger partial charge in [-0.2, -0.15) is 0 Å². The van der Waals surface area contributed by atoms with Crippen LogP contribution >= 0.6 is 12.4 Å². The van der Waals surface area contributed by atoms with Crippen molar-refractivity contribution in [1.82, 2.24) is 5.32 Å². The summed E-state index contributed by atoms with van der Waals surface area (Å²) in [6.45, 7) is 2.73. The van der Waals surface area contributed by atoms with Gasteiger partial charge in [0.2, 0.25) is 0 Å². The minimum absolute atomic E-state index is 0. The summed E-state index contributed by atoms with van der Waals surface area (Å²) in [6, 6.07) is 19.8. The highest BCUT2D eigenvalue weighted by atomic mass is 35.5. The summed E-state index contributed by atoms with van der Waals surface area (Å²) in [6.07, 6.45) is 5.11. The minimum Gasteiger partial charge on any atom is -0.377 e. The van der Waals surface area contributed by atoms with Crippen molar-refractivity contribution < 1.29 is 4.74 Å². The monoisotopic (exact) mass is 331 g/mol. The summed E-state index contributed by atoms with van der Waals surface area (Å²) in [4.78, 5) is 0. The molecule has 0 spiro atoms. The molecule has 1 unspecified atom stereocenters. The van der Waals surface area contributed by atoms with Crippen LogP contribution in [-0.2, 0) is 11.3 Å². The van der Waals surface area contributed by atoms with E-state index in [-0.39, 0.29) is 12.4 Å². The Hall–Kier alpha value is -1.35. The van der Waals surface area contributed by atoms with E-state index in [4.69, 9.17) is 4.74 Å². The first-order valence-corrected chi connectivity index (χ1v) is 8.37. The number of benzene rings is 2. The molecule has 3 rings (SSSR count). The lowest BCUT2D eigenvalue weighted by Crippen LogP contribution is -2.34. The minimum atomic E-state index is 0. The van der Waals surface area contributed by atoms with Crippen LogP contribution in [0.3, 0.4) is 0 Å². The molecule has 23 heavy (non-hydrogen) atoms. The lowest BCUT2D eigenvalue weighted by molar-refractivity contribution is 0.108. The van der Waals surface area contributed by atoms with E-state index in [0.29, 0.717) is 12.6 Å². The zero-order chi connectivity index (χ0) is 15.0. The fraction of sp³-hybridized carbons (Fsp3) is 0.400. The molecule has 0 bridgehead atoms. The number of piperidine rings is 1. The molecule has 0 saturated carbocycles. The standard InChI is InChI=1S/C20H25NO.ClH/c1-2-6-18(7-3-1)19-11-9-17(10-12-19)16-22-15-13-20-8-4-5-14-21-20;/h1-3,6-7,9-12,20-21H,4-5,8,13-16H2;1H. The number of halogens is 1. The van der Waals surface area contributed by atoms with Crippen molar-refractivity contribution in [1.29, 1.82) is 0 Å². The summed E-state index contributed by atoms with van der Waals surface area (Å²) < 4.78 is 5.83. The molecule has 1 heterocycles. The number of hydrogen-bond acceptors (Lipinski definition) is 2. The maximum Gasteiger partial charge on any atom is 0.0716 e. The average molecular weight is 332 g/mol. The second kappa shape index (κ2) is 9.71. The van der Waals surface area contributed by atoms with Gasteiger partial charge in [0, 0.05) is 12.6 Å². The van der Waals surface area contributed by atoms with Crippen LogP contribution < -0.4 is 5.32 Å². The Kier molecular flexibility index (Phi) is 7.60. The van der Waals surface area contributed by atoms with E-state index < -0.39 is 0 Å². The molecule has 1 atom stereocenters. The molecule has 1 aliphatic heterocycles. The molecule has 1 saturated heterocycles. The zero-order valence-corrected chi connectivity index (χ0v) is 14.4. The van der Waals surface area contributed by atoms with Crippen LogP contribution in [0.5, 0.6) is 0 Å². The van der Waals surface area contributed by atoms with E-state index in [1.807, 2.05) is 6.07 Å². The van der Waals surface area contributed by atoms with Crippen LogP contribution in [0.15, 0.2) is 54.6 Å². The molecule has 1 fully saturated rings. The summed E-state index contributed by atoms with van der Waals surface area (Å²) >= 11 is 0. The van der Waals surface area contributed by atoms with Crippen molar-refractivity contribution in [3.63, 3.8) is 0 Å². The van der Waals surface area contributed by atoms with Gasteiger partial charge in [-0.15, -0.1) is 12.4 Å². The third kappa shape index (κ3) is 5.65. The van der Waals surface area contributed by atoms with Gasteiger partial charge in [-0.25, -0.2) is 0 Å². The van der Waals surface area contributed by atoms with Gasteiger partial charge in [0.15, 0.2) is 0 Å². The summed E-state index contributed by atoms with van der Waals surface area (Å²) in [5, 5.41) is 3.56. The lowest BCUT2D eigenvalue weighted by Gasteiger charge is -2.23. The zero-order valence-electron chi connectivity index (χ0n) is 13.5. The second-order valence-electron chi connectivity index (χ2n) is 6.05. The normalized spacial score (nSPS) is 17.5. The summed E-state index contributed by atoms with van der Waals surface area (Å²) in [7, 11) is 0. The molecule has 0 amide bonds. The summed E-state index contributed by atoms with van der Waals surface area (Å²) in [5.41, 5.74) is 3.77. The first kappa shape index (κ1) is 18.0. The number of rotatable bonds is 6. The van der Waals surface area contributed by atoms with E-state index in [1.54, 1.807) is 0 Å². The number of hydrogen-bond donors (Lipinski definition) is 1. The van der Waals surface area contributed by atoms with Gasteiger partial charge in [0.1, 0.15) is 0 Å². The molecule has 2 aromatic carbocycles. The molecule has 1 aliphatic rings. The lowest BCUT2D eigenvalue weighted by atomic mass is 10.0. The van der Waals surface area contributed by atoms with Crippen molar-refractivity contribution in [2.45, 2.75) is 38.3 Å². The average Bonchev–Trinajstić information content (AvgIpc) is 2.61.